The van der Waals surface area contributed by atoms with Crippen molar-refractivity contribution < 1.29 is 9.90 Å². The highest BCUT2D eigenvalue weighted by Gasteiger charge is 2.07. The molecule has 0 aromatic carbocycles. The van der Waals surface area contributed by atoms with Crippen molar-refractivity contribution in [2.45, 2.75) is 45.4 Å². The van der Waals surface area contributed by atoms with Crippen LogP contribution in [0.2, 0.25) is 0 Å². The third-order valence-electron chi connectivity index (χ3n) is 2.92. The largest absolute Gasteiger partial charge is 0.481 e. The molecule has 0 atom stereocenters. The first-order valence-electron chi connectivity index (χ1n) is 6.55. The van der Waals surface area contributed by atoms with Crippen molar-refractivity contribution in [3.8, 4) is 0 Å². The van der Waals surface area contributed by atoms with Crippen LogP contribution in [0.5, 0.6) is 0 Å². The molecule has 0 saturated carbocycles. The molecule has 1 aliphatic heterocycles. The van der Waals surface area contributed by atoms with Gasteiger partial charge in [-0.05, 0) is 12.0 Å². The lowest BCUT2D eigenvalue weighted by atomic mass is 10.1. The molecule has 1 aliphatic rings. The molecule has 0 aromatic rings. The van der Waals surface area contributed by atoms with Crippen LogP contribution >= 0.6 is 0 Å². The molecule has 0 unspecified atom stereocenters. The third-order valence-corrected chi connectivity index (χ3v) is 2.92. The number of hydrogen-bond donors (Lipinski definition) is 1. The van der Waals surface area contributed by atoms with Gasteiger partial charge in [0.05, 0.1) is 6.42 Å². The molecule has 1 N–H and O–H groups in total. The van der Waals surface area contributed by atoms with Gasteiger partial charge < -0.3 is 10.0 Å². The van der Waals surface area contributed by atoms with Crippen molar-refractivity contribution in [1.82, 2.24) is 4.90 Å². The zero-order chi connectivity index (χ0) is 12.5. The van der Waals surface area contributed by atoms with E-state index in [2.05, 4.69) is 11.8 Å². The zero-order valence-corrected chi connectivity index (χ0v) is 10.7. The van der Waals surface area contributed by atoms with Crippen LogP contribution in [0.1, 0.15) is 45.4 Å². The van der Waals surface area contributed by atoms with E-state index < -0.39 is 5.97 Å². The van der Waals surface area contributed by atoms with Gasteiger partial charge in [0.2, 0.25) is 0 Å². The SMILES string of the molecule is CCCCCCCN1C=C(CC(=O)O)C=CC1. The van der Waals surface area contributed by atoms with E-state index in [0.717, 1.165) is 18.7 Å². The Morgan fingerprint density at radius 2 is 2.12 bits per heavy atom. The van der Waals surface area contributed by atoms with E-state index in [1.165, 1.54) is 32.1 Å². The van der Waals surface area contributed by atoms with Crippen LogP contribution in [0.4, 0.5) is 0 Å². The Kier molecular flexibility index (Phi) is 6.45. The van der Waals surface area contributed by atoms with Gasteiger partial charge in [-0.25, -0.2) is 0 Å². The maximum Gasteiger partial charge on any atom is 0.307 e. The van der Waals surface area contributed by atoms with Crippen LogP contribution in [0.3, 0.4) is 0 Å². The summed E-state index contributed by atoms with van der Waals surface area (Å²) in [6, 6.07) is 0. The average molecular weight is 237 g/mol. The second-order valence-electron chi connectivity index (χ2n) is 4.59. The van der Waals surface area contributed by atoms with E-state index in [-0.39, 0.29) is 6.42 Å². The summed E-state index contributed by atoms with van der Waals surface area (Å²) >= 11 is 0. The Hall–Kier alpha value is -1.25. The minimum absolute atomic E-state index is 0.128. The van der Waals surface area contributed by atoms with E-state index >= 15 is 0 Å². The van der Waals surface area contributed by atoms with Crippen LogP contribution in [0.25, 0.3) is 0 Å². The van der Waals surface area contributed by atoms with Gasteiger partial charge in [0, 0.05) is 19.3 Å². The number of allylic oxidation sites excluding steroid dienone is 1. The van der Waals surface area contributed by atoms with Crippen molar-refractivity contribution in [2.75, 3.05) is 13.1 Å². The van der Waals surface area contributed by atoms with Gasteiger partial charge in [0.15, 0.2) is 0 Å². The number of aliphatic carboxylic acids is 1. The van der Waals surface area contributed by atoms with Crippen molar-refractivity contribution >= 4 is 5.97 Å². The lowest BCUT2D eigenvalue weighted by Crippen LogP contribution is -2.22. The summed E-state index contributed by atoms with van der Waals surface area (Å²) in [4.78, 5) is 12.8. The summed E-state index contributed by atoms with van der Waals surface area (Å²) in [7, 11) is 0. The van der Waals surface area contributed by atoms with Crippen LogP contribution < -0.4 is 0 Å². The molecular formula is C14H23NO2. The highest BCUT2D eigenvalue weighted by atomic mass is 16.4. The number of hydrogen-bond acceptors (Lipinski definition) is 2. The summed E-state index contributed by atoms with van der Waals surface area (Å²) in [5, 5.41) is 8.73. The fourth-order valence-corrected chi connectivity index (χ4v) is 2.02. The second kappa shape index (κ2) is 7.93. The topological polar surface area (TPSA) is 40.5 Å². The summed E-state index contributed by atoms with van der Waals surface area (Å²) in [6.45, 7) is 4.17. The number of carboxylic acid groups (broad SMARTS) is 1. The quantitative estimate of drug-likeness (QED) is 0.659. The zero-order valence-electron chi connectivity index (χ0n) is 10.7. The van der Waals surface area contributed by atoms with Crippen molar-refractivity contribution in [3.63, 3.8) is 0 Å². The molecule has 96 valence electrons. The minimum atomic E-state index is -0.759. The van der Waals surface area contributed by atoms with Crippen molar-refractivity contribution in [1.29, 1.82) is 0 Å². The van der Waals surface area contributed by atoms with Gasteiger partial charge >= 0.3 is 5.97 Å². The standard InChI is InChI=1S/C14H23NO2/c1-2-3-4-5-6-9-15-10-7-8-13(12-15)11-14(16)17/h7-8,12H,2-6,9-11H2,1H3,(H,16,17). The smallest absolute Gasteiger partial charge is 0.307 e. The fraction of sp³-hybridized carbons (Fsp3) is 0.643. The van der Waals surface area contributed by atoms with E-state index in [1.54, 1.807) is 0 Å². The first-order chi connectivity index (χ1) is 8.22. The van der Waals surface area contributed by atoms with E-state index in [9.17, 15) is 4.79 Å². The van der Waals surface area contributed by atoms with Gasteiger partial charge in [-0.3, -0.25) is 4.79 Å². The predicted octanol–water partition coefficient (Wildman–Crippen LogP) is 3.19. The molecule has 3 heteroatoms. The highest BCUT2D eigenvalue weighted by molar-refractivity contribution is 5.71. The van der Waals surface area contributed by atoms with Crippen LogP contribution in [0.15, 0.2) is 23.9 Å². The summed E-state index contributed by atoms with van der Waals surface area (Å²) in [5.41, 5.74) is 0.900. The number of nitrogens with zero attached hydrogens (tertiary/aromatic N) is 1. The van der Waals surface area contributed by atoms with Crippen molar-refractivity contribution in [3.05, 3.63) is 23.9 Å². The molecule has 1 heterocycles. The van der Waals surface area contributed by atoms with Crippen LogP contribution in [-0.2, 0) is 4.79 Å². The average Bonchev–Trinajstić information content (AvgIpc) is 2.28. The normalized spacial score (nSPS) is 14.9. The number of rotatable bonds is 8. The Labute approximate surface area is 104 Å². The Balaban J connectivity index is 2.23. The first-order valence-corrected chi connectivity index (χ1v) is 6.55. The maximum atomic E-state index is 10.6. The second-order valence-corrected chi connectivity index (χ2v) is 4.59. The lowest BCUT2D eigenvalue weighted by Gasteiger charge is -2.22. The highest BCUT2D eigenvalue weighted by Crippen LogP contribution is 2.12. The van der Waals surface area contributed by atoms with Gasteiger partial charge in [0.25, 0.3) is 0 Å². The molecule has 0 aromatic heterocycles. The lowest BCUT2D eigenvalue weighted by molar-refractivity contribution is -0.136. The van der Waals surface area contributed by atoms with Gasteiger partial charge in [0.1, 0.15) is 0 Å². The number of unbranched alkanes of at least 4 members (excludes halogenated alkanes) is 4. The Morgan fingerprint density at radius 3 is 2.82 bits per heavy atom. The first kappa shape index (κ1) is 13.8. The summed E-state index contributed by atoms with van der Waals surface area (Å²) in [6.07, 6.45) is 12.5. The van der Waals surface area contributed by atoms with E-state index in [1.807, 2.05) is 18.4 Å². The van der Waals surface area contributed by atoms with E-state index in [4.69, 9.17) is 5.11 Å². The molecular weight excluding hydrogens is 214 g/mol. The van der Waals surface area contributed by atoms with Crippen molar-refractivity contribution in [2.24, 2.45) is 0 Å². The Morgan fingerprint density at radius 1 is 1.35 bits per heavy atom. The van der Waals surface area contributed by atoms with Gasteiger partial charge in [-0.1, -0.05) is 44.8 Å². The van der Waals surface area contributed by atoms with Gasteiger partial charge in [-0.15, -0.1) is 0 Å². The summed E-state index contributed by atoms with van der Waals surface area (Å²) < 4.78 is 0. The molecule has 17 heavy (non-hydrogen) atoms. The predicted molar refractivity (Wildman–Crippen MR) is 69.8 cm³/mol. The van der Waals surface area contributed by atoms with Crippen LogP contribution in [-0.4, -0.2) is 29.1 Å². The summed E-state index contributed by atoms with van der Waals surface area (Å²) in [5.74, 6) is -0.759. The third kappa shape index (κ3) is 6.15. The number of carbonyl (C=O) groups is 1. The van der Waals surface area contributed by atoms with Gasteiger partial charge in [-0.2, -0.15) is 0 Å². The minimum Gasteiger partial charge on any atom is -0.481 e. The van der Waals surface area contributed by atoms with E-state index in [0.29, 0.717) is 0 Å². The molecule has 0 fully saturated rings. The molecule has 3 nitrogen and oxygen atoms in total. The Bertz CT molecular complexity index is 295. The molecule has 0 radical (unpaired) electrons. The molecule has 1 rings (SSSR count). The molecule has 0 aliphatic carbocycles. The maximum absolute atomic E-state index is 10.6. The molecule has 0 spiro atoms. The molecule has 0 saturated heterocycles. The molecule has 0 bridgehead atoms. The molecule has 0 amide bonds. The monoisotopic (exact) mass is 237 g/mol. The fourth-order valence-electron chi connectivity index (χ4n) is 2.02. The van der Waals surface area contributed by atoms with Crippen LogP contribution in [0, 0.1) is 0 Å². The number of carboxylic acids is 1.